The Balaban J connectivity index is 1.14. The molecule has 1 fully saturated rings. The number of amides is 2. The van der Waals surface area contributed by atoms with Crippen molar-refractivity contribution in [3.63, 3.8) is 0 Å². The normalized spacial score (nSPS) is 16.6. The molecule has 2 N–H and O–H groups in total. The quantitative estimate of drug-likeness (QED) is 0.0517. The molecular weight excluding hydrogens is 1090 g/mol. The maximum absolute atomic E-state index is 15.3. The van der Waals surface area contributed by atoms with Crippen LogP contribution in [0.15, 0.2) is 108 Å². The summed E-state index contributed by atoms with van der Waals surface area (Å²) in [4.78, 5) is 42.9. The van der Waals surface area contributed by atoms with E-state index in [0.29, 0.717) is 94.3 Å². The highest BCUT2D eigenvalue weighted by Crippen LogP contribution is 2.47. The number of hydrogen-bond acceptors (Lipinski definition) is 14. The highest BCUT2D eigenvalue weighted by Gasteiger charge is 2.50. The van der Waals surface area contributed by atoms with Gasteiger partial charge < -0.3 is 18.5 Å². The molecule has 3 aliphatic rings. The molecule has 0 saturated heterocycles. The van der Waals surface area contributed by atoms with E-state index in [9.17, 15) is 13.2 Å². The largest absolute Gasteiger partial charge is 0.377 e. The molecule has 1 saturated carbocycles. The number of aryl methyl sites for hydroxylation is 2. The maximum Gasteiger partial charge on any atom is 0.263 e. The molecule has 6 aromatic rings. The van der Waals surface area contributed by atoms with E-state index in [1.165, 1.54) is 0 Å². The van der Waals surface area contributed by atoms with Crippen molar-refractivity contribution >= 4 is 55.2 Å². The third-order valence-corrected chi connectivity index (χ3v) is 19.5. The van der Waals surface area contributed by atoms with Crippen molar-refractivity contribution in [3.05, 3.63) is 129 Å². The topological polar surface area (TPSA) is 228 Å². The van der Waals surface area contributed by atoms with Crippen LogP contribution >= 0.6 is 0 Å². The minimum absolute atomic E-state index is 0.0102. The molecule has 1 atom stereocenters. The molecule has 2 aliphatic heterocycles. The number of nitrogens with zero attached hydrogens (tertiary/aromatic N) is 6. The Bertz CT molecular complexity index is 3710. The van der Waals surface area contributed by atoms with Crippen molar-refractivity contribution in [2.45, 2.75) is 181 Å². The first kappa shape index (κ1) is 60.6. The number of carbonyl (C=O) groups excluding carboxylic acids is 2. The third kappa shape index (κ3) is 12.2. The van der Waals surface area contributed by atoms with Gasteiger partial charge in [-0.05, 0) is 144 Å². The Hall–Kier alpha value is -7.00. The summed E-state index contributed by atoms with van der Waals surface area (Å²) in [7, 11) is -8.60. The van der Waals surface area contributed by atoms with E-state index in [-0.39, 0.29) is 65.5 Å². The first-order valence-corrected chi connectivity index (χ1v) is 31.9. The zero-order valence-electron chi connectivity index (χ0n) is 49.6. The number of aromatic nitrogens is 2. The lowest BCUT2D eigenvalue weighted by Crippen LogP contribution is -2.44. The van der Waals surface area contributed by atoms with Crippen LogP contribution in [0.5, 0.6) is 0 Å². The summed E-state index contributed by atoms with van der Waals surface area (Å²) in [6.45, 7) is 22.0. The van der Waals surface area contributed by atoms with Crippen molar-refractivity contribution in [1.82, 2.24) is 20.1 Å². The third-order valence-electron chi connectivity index (χ3n) is 16.7. The number of hydrogen-bond donors (Lipinski definition) is 2. The second kappa shape index (κ2) is 24.7. The molecule has 2 aromatic heterocycles. The van der Waals surface area contributed by atoms with Gasteiger partial charge in [-0.15, -0.1) is 0 Å². The number of amidine groups is 2. The number of nitrogens with one attached hydrogen (secondary N) is 2. The number of anilines is 2. The number of rotatable bonds is 26. The molecule has 18 nitrogen and oxygen atoms in total. The van der Waals surface area contributed by atoms with Gasteiger partial charge in [-0.1, -0.05) is 111 Å². The van der Waals surface area contributed by atoms with Crippen LogP contribution in [0.2, 0.25) is 0 Å². The van der Waals surface area contributed by atoms with E-state index in [2.05, 4.69) is 26.7 Å². The molecule has 20 heteroatoms. The number of benzene rings is 4. The van der Waals surface area contributed by atoms with E-state index < -0.39 is 37.0 Å². The summed E-state index contributed by atoms with van der Waals surface area (Å²) < 4.78 is 87.0. The van der Waals surface area contributed by atoms with Crippen molar-refractivity contribution < 1.29 is 44.9 Å². The Morgan fingerprint density at radius 1 is 0.651 bits per heavy atom. The highest BCUT2D eigenvalue weighted by molar-refractivity contribution is 7.93. The Morgan fingerprint density at radius 2 is 1.18 bits per heavy atom. The lowest BCUT2D eigenvalue weighted by Gasteiger charge is -2.37. The molecule has 4 aromatic carbocycles. The number of ether oxygens (including phenoxy) is 2. The van der Waals surface area contributed by atoms with Crippen LogP contribution in [0.4, 0.5) is 11.6 Å². The maximum atomic E-state index is 15.3. The summed E-state index contributed by atoms with van der Waals surface area (Å²) in [5, 5.41) is 8.04. The zero-order valence-corrected chi connectivity index (χ0v) is 51.3. The molecule has 442 valence electrons. The summed E-state index contributed by atoms with van der Waals surface area (Å²) >= 11 is 0. The van der Waals surface area contributed by atoms with Gasteiger partial charge in [0.15, 0.2) is 11.6 Å². The van der Waals surface area contributed by atoms with E-state index in [4.69, 9.17) is 28.5 Å². The number of carbonyl (C=O) groups is 2. The molecule has 1 unspecified atom stereocenters. The van der Waals surface area contributed by atoms with Crippen LogP contribution < -0.4 is 9.44 Å². The molecule has 83 heavy (non-hydrogen) atoms. The zero-order chi connectivity index (χ0) is 59.6. The molecule has 0 spiro atoms. The van der Waals surface area contributed by atoms with E-state index in [0.717, 1.165) is 54.6 Å². The molecule has 1 aliphatic carbocycles. The lowest BCUT2D eigenvalue weighted by molar-refractivity contribution is -0.132. The van der Waals surface area contributed by atoms with Crippen LogP contribution in [-0.4, -0.2) is 84.7 Å². The Kier molecular flexibility index (Phi) is 18.0. The van der Waals surface area contributed by atoms with Crippen molar-refractivity contribution in [2.75, 3.05) is 22.7 Å². The van der Waals surface area contributed by atoms with Gasteiger partial charge in [0.1, 0.15) is 34.3 Å². The minimum atomic E-state index is -4.43. The second-order valence-corrected chi connectivity index (χ2v) is 25.8. The van der Waals surface area contributed by atoms with Gasteiger partial charge in [0.25, 0.3) is 31.9 Å². The van der Waals surface area contributed by atoms with E-state index >= 15 is 13.2 Å². The minimum Gasteiger partial charge on any atom is -0.377 e. The fraction of sp³-hybridized carbons (Fsp3) is 0.460. The van der Waals surface area contributed by atoms with Gasteiger partial charge in [-0.2, -0.15) is 0 Å². The SMILES string of the molecule is CCCCC1=NC(C)(C)C(=O)N1Cc1ccc(-c2ccc(C(C3=NC(CC)(CC)C(=O)N3Cc3ccc(-c4ccccc4S(=O)(=O)Nc4noc(C)c4C)c(COCC)c3)C3CCC3)cc2S(=O)(=O)Nc2noc(C)c2C)c(COCC)c1. The fourth-order valence-corrected chi connectivity index (χ4v) is 13.9. The smallest absolute Gasteiger partial charge is 0.263 e. The fourth-order valence-electron chi connectivity index (χ4n) is 11.3. The summed E-state index contributed by atoms with van der Waals surface area (Å²) in [5.74, 6) is 1.77. The van der Waals surface area contributed by atoms with Crippen LogP contribution in [0.1, 0.15) is 156 Å². The van der Waals surface area contributed by atoms with Crippen LogP contribution in [0.3, 0.4) is 0 Å². The summed E-state index contributed by atoms with van der Waals surface area (Å²) in [6, 6.07) is 23.8. The molecule has 4 heterocycles. The van der Waals surface area contributed by atoms with Crippen molar-refractivity contribution in [2.24, 2.45) is 15.9 Å². The van der Waals surface area contributed by atoms with Crippen molar-refractivity contribution in [3.8, 4) is 22.3 Å². The first-order valence-electron chi connectivity index (χ1n) is 29.0. The van der Waals surface area contributed by atoms with Crippen molar-refractivity contribution in [1.29, 1.82) is 0 Å². The highest BCUT2D eigenvalue weighted by atomic mass is 32.2. The van der Waals surface area contributed by atoms with Crippen LogP contribution in [-0.2, 0) is 65.4 Å². The van der Waals surface area contributed by atoms with E-state index in [1.807, 2.05) is 90.1 Å². The van der Waals surface area contributed by atoms with E-state index in [1.54, 1.807) is 67.8 Å². The molecular formula is C63H78N8O10S2. The molecule has 0 radical (unpaired) electrons. The standard InChI is InChI=1S/C63H78N8O10S2/c1-12-17-25-55-64-62(10,11)60(72)70(55)35-43-26-30-50(48(32-43)38-79-16-5)52-31-28-46(34-54(52)83(76,77)69-58-40(7)42(9)81-67-58)56(45-21-20-22-45)59-65-63(13-2,14-3)61(73)71(59)36-44-27-29-49(47(33-44)37-78-15-4)51-23-18-19-24-53(51)82(74,75)68-57-39(6)41(8)80-66-57/h18-19,23-24,26-34,45,56H,12-17,20-22,25,35-38H2,1-11H3,(H,66,68)(H,67,69). The van der Waals surface area contributed by atoms with Gasteiger partial charge in [0.05, 0.1) is 36.1 Å². The molecule has 0 bridgehead atoms. The lowest BCUT2D eigenvalue weighted by atomic mass is 9.72. The van der Waals surface area contributed by atoms with Gasteiger partial charge in [0, 0.05) is 47.8 Å². The summed E-state index contributed by atoms with van der Waals surface area (Å²) in [5.41, 5.74) is 5.04. The second-order valence-electron chi connectivity index (χ2n) is 22.5. The molecule has 2 amide bonds. The Labute approximate surface area is 488 Å². The van der Waals surface area contributed by atoms with Crippen LogP contribution in [0.25, 0.3) is 22.3 Å². The summed E-state index contributed by atoms with van der Waals surface area (Å²) in [6.07, 6.45) is 6.03. The number of aliphatic imine (C=N–C) groups is 2. The van der Waals surface area contributed by atoms with Crippen LogP contribution in [0, 0.1) is 33.6 Å². The first-order chi connectivity index (χ1) is 39.6. The number of sulfonamides is 2. The number of unbranched alkanes of at least 4 members (excludes halogenated alkanes) is 1. The predicted molar refractivity (Wildman–Crippen MR) is 321 cm³/mol. The van der Waals surface area contributed by atoms with Gasteiger partial charge in [-0.25, -0.2) is 16.8 Å². The molecule has 9 rings (SSSR count). The average Bonchev–Trinajstić information content (AvgIpc) is 3.77. The Morgan fingerprint density at radius 3 is 1.69 bits per heavy atom. The van der Waals surface area contributed by atoms with Gasteiger partial charge in [0.2, 0.25) is 0 Å². The van der Waals surface area contributed by atoms with Gasteiger partial charge in [-0.3, -0.25) is 38.8 Å². The van der Waals surface area contributed by atoms with Gasteiger partial charge >= 0.3 is 0 Å². The average molecular weight is 1170 g/mol. The predicted octanol–water partition coefficient (Wildman–Crippen LogP) is 12.5. The monoisotopic (exact) mass is 1170 g/mol.